The zero-order valence-electron chi connectivity index (χ0n) is 17.6. The second-order valence-electron chi connectivity index (χ2n) is 6.68. The Morgan fingerprint density at radius 2 is 1.87 bits per heavy atom. The number of carbonyl (C=O) groups excluding carboxylic acids is 2. The average Bonchev–Trinajstić information content (AvgIpc) is 2.68. The van der Waals surface area contributed by atoms with E-state index in [0.29, 0.717) is 28.3 Å². The number of hydrogen-bond donors (Lipinski definition) is 1. The fourth-order valence-corrected chi connectivity index (χ4v) is 4.11. The lowest BCUT2D eigenvalue weighted by Gasteiger charge is -2.28. The molecule has 0 radical (unpaired) electrons. The highest BCUT2D eigenvalue weighted by molar-refractivity contribution is 7.92. The normalized spacial score (nSPS) is 12.0. The maximum absolute atomic E-state index is 12.9. The van der Waals surface area contributed by atoms with Crippen LogP contribution in [-0.4, -0.2) is 46.3 Å². The van der Waals surface area contributed by atoms with E-state index in [1.54, 1.807) is 56.3 Å². The molecule has 0 bridgehead atoms. The second-order valence-corrected chi connectivity index (χ2v) is 8.54. The Labute approximate surface area is 176 Å². The van der Waals surface area contributed by atoms with Crippen LogP contribution in [0.1, 0.15) is 29.8 Å². The number of ether oxygens (including phenoxy) is 2. The molecule has 9 heteroatoms. The minimum Gasteiger partial charge on any atom is -0.497 e. The van der Waals surface area contributed by atoms with Crippen LogP contribution < -0.4 is 14.4 Å². The van der Waals surface area contributed by atoms with Crippen molar-refractivity contribution in [1.29, 1.82) is 0 Å². The number of aryl methyl sites for hydroxylation is 1. The first kappa shape index (κ1) is 23.2. The summed E-state index contributed by atoms with van der Waals surface area (Å²) < 4.78 is 36.0. The third-order valence-corrected chi connectivity index (χ3v) is 5.63. The summed E-state index contributed by atoms with van der Waals surface area (Å²) in [6.45, 7) is 5.22. The van der Waals surface area contributed by atoms with E-state index in [-0.39, 0.29) is 6.61 Å². The van der Waals surface area contributed by atoms with E-state index in [0.717, 1.165) is 10.6 Å². The predicted molar refractivity (Wildman–Crippen MR) is 116 cm³/mol. The van der Waals surface area contributed by atoms with Gasteiger partial charge in [0, 0.05) is 11.8 Å². The summed E-state index contributed by atoms with van der Waals surface area (Å²) in [5.41, 5.74) is 1.80. The Morgan fingerprint density at radius 1 is 1.17 bits per heavy atom. The van der Waals surface area contributed by atoms with Crippen molar-refractivity contribution in [1.82, 2.24) is 0 Å². The molecule has 1 N–H and O–H groups in total. The van der Waals surface area contributed by atoms with Gasteiger partial charge in [-0.2, -0.15) is 0 Å². The van der Waals surface area contributed by atoms with Crippen molar-refractivity contribution < 1.29 is 27.5 Å². The molecule has 0 saturated carbocycles. The maximum Gasteiger partial charge on any atom is 0.338 e. The molecule has 0 aliphatic heterocycles. The number of amides is 1. The summed E-state index contributed by atoms with van der Waals surface area (Å²) in [4.78, 5) is 24.7. The number of rotatable bonds is 8. The molecular formula is C21H26N2O6S. The molecule has 0 heterocycles. The number of nitrogens with zero attached hydrogens (tertiary/aromatic N) is 1. The number of sulfonamides is 1. The van der Waals surface area contributed by atoms with Crippen LogP contribution in [0, 0.1) is 6.92 Å². The number of hydrogen-bond acceptors (Lipinski definition) is 6. The van der Waals surface area contributed by atoms with E-state index in [4.69, 9.17) is 9.47 Å². The fourth-order valence-electron chi connectivity index (χ4n) is 2.94. The highest BCUT2D eigenvalue weighted by atomic mass is 32.2. The highest BCUT2D eigenvalue weighted by Crippen LogP contribution is 2.26. The van der Waals surface area contributed by atoms with Gasteiger partial charge in [-0.1, -0.05) is 6.07 Å². The molecule has 0 aromatic heterocycles. The van der Waals surface area contributed by atoms with Crippen LogP contribution in [0.3, 0.4) is 0 Å². The summed E-state index contributed by atoms with van der Waals surface area (Å²) in [6, 6.07) is 10.2. The van der Waals surface area contributed by atoms with Gasteiger partial charge in [0.25, 0.3) is 0 Å². The van der Waals surface area contributed by atoms with Gasteiger partial charge in [0.2, 0.25) is 15.9 Å². The summed E-state index contributed by atoms with van der Waals surface area (Å²) in [5, 5.41) is 2.73. The number of methoxy groups -OCH3 is 1. The minimum atomic E-state index is -3.76. The first-order valence-corrected chi connectivity index (χ1v) is 11.2. The Balaban J connectivity index is 2.29. The molecule has 8 nitrogen and oxygen atoms in total. The third-order valence-electron chi connectivity index (χ3n) is 4.39. The van der Waals surface area contributed by atoms with Crippen LogP contribution in [0.2, 0.25) is 0 Å². The van der Waals surface area contributed by atoms with Crippen LogP contribution in [0.4, 0.5) is 11.4 Å². The lowest BCUT2D eigenvalue weighted by molar-refractivity contribution is -0.116. The third kappa shape index (κ3) is 5.50. The molecule has 0 aliphatic rings. The van der Waals surface area contributed by atoms with Crippen molar-refractivity contribution in [3.05, 3.63) is 53.6 Å². The molecule has 1 unspecified atom stereocenters. The van der Waals surface area contributed by atoms with Gasteiger partial charge in [-0.3, -0.25) is 9.10 Å². The van der Waals surface area contributed by atoms with Gasteiger partial charge >= 0.3 is 5.97 Å². The van der Waals surface area contributed by atoms with Crippen molar-refractivity contribution in [2.24, 2.45) is 0 Å². The highest BCUT2D eigenvalue weighted by Gasteiger charge is 2.29. The van der Waals surface area contributed by atoms with E-state index in [9.17, 15) is 18.0 Å². The van der Waals surface area contributed by atoms with Gasteiger partial charge in [-0.25, -0.2) is 13.2 Å². The summed E-state index contributed by atoms with van der Waals surface area (Å²) in [5.74, 6) is -0.498. The summed E-state index contributed by atoms with van der Waals surface area (Å²) >= 11 is 0. The van der Waals surface area contributed by atoms with E-state index in [1.807, 2.05) is 0 Å². The Morgan fingerprint density at radius 3 is 2.43 bits per heavy atom. The molecule has 30 heavy (non-hydrogen) atoms. The molecule has 0 saturated heterocycles. The molecule has 2 aromatic carbocycles. The van der Waals surface area contributed by atoms with Crippen molar-refractivity contribution in [3.63, 3.8) is 0 Å². The molecule has 2 aromatic rings. The lowest BCUT2D eigenvalue weighted by Crippen LogP contribution is -2.45. The van der Waals surface area contributed by atoms with Gasteiger partial charge in [0.05, 0.1) is 31.2 Å². The fraction of sp³-hybridized carbons (Fsp3) is 0.333. The van der Waals surface area contributed by atoms with Gasteiger partial charge < -0.3 is 14.8 Å². The van der Waals surface area contributed by atoms with Crippen LogP contribution in [0.25, 0.3) is 0 Å². The van der Waals surface area contributed by atoms with Gasteiger partial charge in [-0.15, -0.1) is 0 Å². The molecule has 0 fully saturated rings. The standard InChI is InChI=1S/C21H26N2O6S/c1-6-29-21(25)16-10-11-19(14(2)12-16)22-20(24)15(3)23(30(5,26)27)17-8-7-9-18(13-17)28-4/h7-13,15H,6H2,1-5H3,(H,22,24). The van der Waals surface area contributed by atoms with E-state index in [2.05, 4.69) is 5.32 Å². The smallest absolute Gasteiger partial charge is 0.338 e. The molecular weight excluding hydrogens is 408 g/mol. The first-order chi connectivity index (χ1) is 14.1. The largest absolute Gasteiger partial charge is 0.497 e. The van der Waals surface area contributed by atoms with Gasteiger partial charge in [0.1, 0.15) is 11.8 Å². The van der Waals surface area contributed by atoms with E-state index in [1.165, 1.54) is 14.0 Å². The topological polar surface area (TPSA) is 102 Å². The molecule has 1 atom stereocenters. The average molecular weight is 435 g/mol. The summed E-state index contributed by atoms with van der Waals surface area (Å²) in [7, 11) is -2.28. The molecule has 0 aliphatic carbocycles. The van der Waals surface area contributed by atoms with Crippen molar-refractivity contribution in [2.45, 2.75) is 26.8 Å². The van der Waals surface area contributed by atoms with Crippen LogP contribution in [0.15, 0.2) is 42.5 Å². The second kappa shape index (κ2) is 9.62. The zero-order valence-corrected chi connectivity index (χ0v) is 18.4. The maximum atomic E-state index is 12.9. The first-order valence-electron chi connectivity index (χ1n) is 9.30. The van der Waals surface area contributed by atoms with Gasteiger partial charge in [0.15, 0.2) is 0 Å². The monoisotopic (exact) mass is 434 g/mol. The Bertz CT molecular complexity index is 1040. The zero-order chi connectivity index (χ0) is 22.5. The predicted octanol–water partition coefficient (Wildman–Crippen LogP) is 2.97. The number of esters is 1. The van der Waals surface area contributed by atoms with Crippen molar-refractivity contribution in [3.8, 4) is 5.75 Å². The molecule has 1 amide bonds. The number of anilines is 2. The van der Waals surface area contributed by atoms with E-state index >= 15 is 0 Å². The van der Waals surface area contributed by atoms with Gasteiger partial charge in [-0.05, 0) is 56.7 Å². The Hall–Kier alpha value is -3.07. The SMILES string of the molecule is CCOC(=O)c1ccc(NC(=O)C(C)N(c2cccc(OC)c2)S(C)(=O)=O)c(C)c1. The lowest BCUT2D eigenvalue weighted by atomic mass is 10.1. The number of nitrogens with one attached hydrogen (secondary N) is 1. The van der Waals surface area contributed by atoms with Crippen LogP contribution in [-0.2, 0) is 19.6 Å². The van der Waals surface area contributed by atoms with E-state index < -0.39 is 27.9 Å². The van der Waals surface area contributed by atoms with Crippen LogP contribution >= 0.6 is 0 Å². The summed E-state index contributed by atoms with van der Waals surface area (Å²) in [6.07, 6.45) is 1.04. The van der Waals surface area contributed by atoms with Crippen LogP contribution in [0.5, 0.6) is 5.75 Å². The Kier molecular flexibility index (Phi) is 7.44. The molecule has 0 spiro atoms. The minimum absolute atomic E-state index is 0.263. The number of benzene rings is 2. The molecule has 162 valence electrons. The van der Waals surface area contributed by atoms with Crippen molar-refractivity contribution in [2.75, 3.05) is 29.6 Å². The number of carbonyl (C=O) groups is 2. The quantitative estimate of drug-likeness (QED) is 0.641. The molecule has 2 rings (SSSR count). The van der Waals surface area contributed by atoms with Crippen molar-refractivity contribution >= 4 is 33.3 Å².